The van der Waals surface area contributed by atoms with Crippen molar-refractivity contribution in [3.8, 4) is 11.5 Å². The third kappa shape index (κ3) is 5.50. The van der Waals surface area contributed by atoms with E-state index in [-0.39, 0.29) is 29.2 Å². The highest BCUT2D eigenvalue weighted by atomic mass is 79.9. The molecule has 1 unspecified atom stereocenters. The molecule has 2 heterocycles. The molecule has 10 heteroatoms. The molecule has 0 radical (unpaired) electrons. The first-order valence-electron chi connectivity index (χ1n) is 11.2. The number of esters is 2. The van der Waals surface area contributed by atoms with Gasteiger partial charge >= 0.3 is 11.9 Å². The quantitative estimate of drug-likeness (QED) is 0.240. The minimum atomic E-state index is -0.849. The smallest absolute Gasteiger partial charge is 0.338 e. The molecule has 0 amide bonds. The molecule has 0 fully saturated rings. The van der Waals surface area contributed by atoms with E-state index >= 15 is 0 Å². The van der Waals surface area contributed by atoms with Crippen LogP contribution in [0.25, 0.3) is 6.08 Å². The molecule has 0 saturated carbocycles. The van der Waals surface area contributed by atoms with Crippen molar-refractivity contribution in [1.29, 1.82) is 0 Å². The van der Waals surface area contributed by atoms with E-state index in [0.717, 1.165) is 10.0 Å². The lowest BCUT2D eigenvalue weighted by atomic mass is 9.95. The van der Waals surface area contributed by atoms with Crippen molar-refractivity contribution in [2.24, 2.45) is 4.99 Å². The number of hydrogen-bond acceptors (Lipinski definition) is 8. The number of rotatable bonds is 7. The first-order chi connectivity index (χ1) is 17.7. The van der Waals surface area contributed by atoms with Gasteiger partial charge in [-0.3, -0.25) is 14.2 Å². The van der Waals surface area contributed by atoms with Gasteiger partial charge in [0.15, 0.2) is 16.3 Å². The van der Waals surface area contributed by atoms with Crippen LogP contribution in [-0.4, -0.2) is 30.2 Å². The lowest BCUT2D eigenvalue weighted by Crippen LogP contribution is -2.40. The van der Waals surface area contributed by atoms with Gasteiger partial charge in [0.05, 0.1) is 29.0 Å². The van der Waals surface area contributed by atoms with Crippen LogP contribution in [0.15, 0.2) is 80.6 Å². The highest BCUT2D eigenvalue weighted by Crippen LogP contribution is 2.36. The maximum atomic E-state index is 13.7. The number of thiazole rings is 1. The molecule has 1 aliphatic heterocycles. The molecule has 0 N–H and O–H groups in total. The van der Waals surface area contributed by atoms with Crippen LogP contribution in [0, 0.1) is 0 Å². The van der Waals surface area contributed by atoms with Gasteiger partial charge in [0.25, 0.3) is 5.56 Å². The lowest BCUT2D eigenvalue weighted by molar-refractivity contribution is -0.138. The Kier molecular flexibility index (Phi) is 7.89. The number of carbonyl (C=O) groups excluding carboxylic acids is 2. The fourth-order valence-electron chi connectivity index (χ4n) is 3.95. The fraction of sp³-hybridized carbons (Fsp3) is 0.185. The molecule has 0 aliphatic carbocycles. The SMILES string of the molecule is C=CCOC(=O)C1=C(C)N=c2s/c(=C\c3cccc(Br)c3)c(=O)n2C1c1ccc(OC(C)=O)c(OC)c1. The third-order valence-electron chi connectivity index (χ3n) is 5.48. The highest BCUT2D eigenvalue weighted by molar-refractivity contribution is 9.10. The standard InChI is InChI=1S/C27H23BrN2O6S/c1-5-11-35-26(33)23-15(2)29-27-30(25(32)22(37-27)13-17-7-6-8-19(28)12-17)24(23)18-9-10-20(36-16(3)31)21(14-18)34-4/h5-10,12-14,24H,1,11H2,2-4H3/b22-13-. The molecule has 4 rings (SSSR count). The summed E-state index contributed by atoms with van der Waals surface area (Å²) in [7, 11) is 1.44. The summed E-state index contributed by atoms with van der Waals surface area (Å²) in [6.45, 7) is 6.59. The van der Waals surface area contributed by atoms with Crippen molar-refractivity contribution in [3.05, 3.63) is 102 Å². The van der Waals surface area contributed by atoms with Crippen LogP contribution in [0.3, 0.4) is 0 Å². The van der Waals surface area contributed by atoms with E-state index in [2.05, 4.69) is 27.5 Å². The number of ether oxygens (including phenoxy) is 3. The van der Waals surface area contributed by atoms with Crippen LogP contribution < -0.4 is 24.4 Å². The van der Waals surface area contributed by atoms with Gasteiger partial charge in [0.1, 0.15) is 6.61 Å². The van der Waals surface area contributed by atoms with Crippen LogP contribution >= 0.6 is 27.3 Å². The first kappa shape index (κ1) is 26.3. The molecule has 190 valence electrons. The second kappa shape index (κ2) is 11.1. The topological polar surface area (TPSA) is 96.2 Å². The minimum absolute atomic E-state index is 0.00431. The fourth-order valence-corrected chi connectivity index (χ4v) is 5.42. The van der Waals surface area contributed by atoms with Gasteiger partial charge in [0.2, 0.25) is 0 Å². The van der Waals surface area contributed by atoms with Gasteiger partial charge in [-0.2, -0.15) is 0 Å². The number of halogens is 1. The van der Waals surface area contributed by atoms with E-state index in [9.17, 15) is 14.4 Å². The lowest BCUT2D eigenvalue weighted by Gasteiger charge is -2.25. The zero-order chi connectivity index (χ0) is 26.7. The average molecular weight is 583 g/mol. The maximum Gasteiger partial charge on any atom is 0.338 e. The number of hydrogen-bond donors (Lipinski definition) is 0. The molecule has 3 aromatic rings. The number of benzene rings is 2. The van der Waals surface area contributed by atoms with Crippen LogP contribution in [0.1, 0.15) is 31.0 Å². The summed E-state index contributed by atoms with van der Waals surface area (Å²) < 4.78 is 18.8. The summed E-state index contributed by atoms with van der Waals surface area (Å²) in [6, 6.07) is 11.6. The largest absolute Gasteiger partial charge is 0.493 e. The molecule has 37 heavy (non-hydrogen) atoms. The molecular formula is C27H23BrN2O6S. The van der Waals surface area contributed by atoms with Gasteiger partial charge in [-0.05, 0) is 48.4 Å². The molecule has 0 bridgehead atoms. The summed E-state index contributed by atoms with van der Waals surface area (Å²) in [5.41, 5.74) is 1.73. The first-order valence-corrected chi connectivity index (χ1v) is 12.8. The number of fused-ring (bicyclic) bond motifs is 1. The van der Waals surface area contributed by atoms with Crippen molar-refractivity contribution >= 4 is 45.3 Å². The summed E-state index contributed by atoms with van der Waals surface area (Å²) >= 11 is 4.68. The Labute approximate surface area is 225 Å². The van der Waals surface area contributed by atoms with Crippen molar-refractivity contribution < 1.29 is 23.8 Å². The number of methoxy groups -OCH3 is 1. The summed E-state index contributed by atoms with van der Waals surface area (Å²) in [6.07, 6.45) is 3.25. The van der Waals surface area contributed by atoms with Crippen LogP contribution in [0.5, 0.6) is 11.5 Å². The van der Waals surface area contributed by atoms with Crippen LogP contribution in [0.4, 0.5) is 0 Å². The maximum absolute atomic E-state index is 13.7. The molecule has 0 saturated heterocycles. The molecule has 8 nitrogen and oxygen atoms in total. The summed E-state index contributed by atoms with van der Waals surface area (Å²) in [5, 5.41) is 0. The van der Waals surface area contributed by atoms with E-state index in [0.29, 0.717) is 20.6 Å². The molecule has 0 spiro atoms. The zero-order valence-electron chi connectivity index (χ0n) is 20.3. The van der Waals surface area contributed by atoms with Gasteiger partial charge in [-0.25, -0.2) is 9.79 Å². The summed E-state index contributed by atoms with van der Waals surface area (Å²) in [5.74, 6) is -0.624. The molecule has 1 aliphatic rings. The Balaban J connectivity index is 1.95. The van der Waals surface area contributed by atoms with Crippen LogP contribution in [0.2, 0.25) is 0 Å². The monoisotopic (exact) mass is 582 g/mol. The summed E-state index contributed by atoms with van der Waals surface area (Å²) in [4.78, 5) is 43.4. The van der Waals surface area contributed by atoms with E-state index in [1.54, 1.807) is 31.2 Å². The molecular weight excluding hydrogens is 560 g/mol. The molecule has 1 atom stereocenters. The Morgan fingerprint density at radius 3 is 2.68 bits per heavy atom. The highest BCUT2D eigenvalue weighted by Gasteiger charge is 2.34. The number of aromatic nitrogens is 1. The number of nitrogens with zero attached hydrogens (tertiary/aromatic N) is 2. The van der Waals surface area contributed by atoms with Crippen LogP contribution in [-0.2, 0) is 14.3 Å². The van der Waals surface area contributed by atoms with Gasteiger partial charge in [-0.1, -0.05) is 58.1 Å². The van der Waals surface area contributed by atoms with E-state index in [4.69, 9.17) is 14.2 Å². The van der Waals surface area contributed by atoms with E-state index in [1.807, 2.05) is 24.3 Å². The third-order valence-corrected chi connectivity index (χ3v) is 6.95. The van der Waals surface area contributed by atoms with Gasteiger partial charge < -0.3 is 14.2 Å². The van der Waals surface area contributed by atoms with Crippen molar-refractivity contribution in [2.45, 2.75) is 19.9 Å². The second-order valence-corrected chi connectivity index (χ2v) is 9.95. The Bertz CT molecular complexity index is 1620. The Morgan fingerprint density at radius 2 is 2.00 bits per heavy atom. The second-order valence-electron chi connectivity index (χ2n) is 8.03. The predicted molar refractivity (Wildman–Crippen MR) is 143 cm³/mol. The molecule has 1 aromatic heterocycles. The van der Waals surface area contributed by atoms with Crippen molar-refractivity contribution in [1.82, 2.24) is 4.57 Å². The number of allylic oxidation sites excluding steroid dienone is 1. The Morgan fingerprint density at radius 1 is 1.22 bits per heavy atom. The molecule has 2 aromatic carbocycles. The van der Waals surface area contributed by atoms with Crippen molar-refractivity contribution in [2.75, 3.05) is 13.7 Å². The average Bonchev–Trinajstić information content (AvgIpc) is 3.15. The van der Waals surface area contributed by atoms with E-state index < -0.39 is 18.0 Å². The normalized spacial score (nSPS) is 15.0. The zero-order valence-corrected chi connectivity index (χ0v) is 22.7. The number of carbonyl (C=O) groups is 2. The van der Waals surface area contributed by atoms with Gasteiger partial charge in [0, 0.05) is 11.4 Å². The predicted octanol–water partition coefficient (Wildman–Crippen LogP) is 3.66. The minimum Gasteiger partial charge on any atom is -0.493 e. The van der Waals surface area contributed by atoms with Crippen molar-refractivity contribution in [3.63, 3.8) is 0 Å². The Hall–Kier alpha value is -3.76. The van der Waals surface area contributed by atoms with E-state index in [1.165, 1.54) is 36.0 Å². The van der Waals surface area contributed by atoms with Gasteiger partial charge in [-0.15, -0.1) is 0 Å².